The van der Waals surface area contributed by atoms with E-state index in [1.54, 1.807) is 7.05 Å². The largest absolute Gasteiger partial charge is 0.514 e. The average Bonchev–Trinajstić information content (AvgIpc) is 1.41. The van der Waals surface area contributed by atoms with Crippen molar-refractivity contribution in [3.63, 3.8) is 0 Å². The molecule has 0 fully saturated rings. The van der Waals surface area contributed by atoms with E-state index >= 15 is 0 Å². The minimum absolute atomic E-state index is 0.944. The molecule has 5 heavy (non-hydrogen) atoms. The highest BCUT2D eigenvalue weighted by atomic mass is 16.2. The van der Waals surface area contributed by atoms with Crippen LogP contribution < -0.4 is 5.32 Å². The van der Waals surface area contributed by atoms with Crippen molar-refractivity contribution in [1.29, 1.82) is 0 Å². The molecule has 0 rings (SSSR count). The van der Waals surface area contributed by atoms with E-state index in [1.165, 1.54) is 6.20 Å². The maximum atomic E-state index is 7.82. The molecule has 30 valence electrons. The summed E-state index contributed by atoms with van der Waals surface area (Å²) in [5.41, 5.74) is 0. The van der Waals surface area contributed by atoms with Crippen molar-refractivity contribution in [2.45, 2.75) is 0 Å². The summed E-state index contributed by atoms with van der Waals surface area (Å²) in [6, 6.07) is 0. The average molecular weight is 73.1 g/mol. The van der Waals surface area contributed by atoms with Gasteiger partial charge in [0.05, 0.1) is 6.26 Å². The molecule has 2 nitrogen and oxygen atoms in total. The lowest BCUT2D eigenvalue weighted by Gasteiger charge is -1.74. The Kier molecular flexibility index (Phi) is 2.90. The normalized spacial score (nSPS) is 9.00. The maximum absolute atomic E-state index is 7.82. The first-order chi connectivity index (χ1) is 2.41. The third kappa shape index (κ3) is 3.34. The maximum Gasteiger partial charge on any atom is 0.0948 e. The second kappa shape index (κ2) is 3.34. The van der Waals surface area contributed by atoms with Crippen LogP contribution in [-0.4, -0.2) is 12.2 Å². The third-order valence-corrected chi connectivity index (χ3v) is 0.241. The molecule has 0 saturated heterocycles. The SMILES string of the molecule is CN/C=C\O. The van der Waals surface area contributed by atoms with E-state index < -0.39 is 0 Å². The van der Waals surface area contributed by atoms with Crippen molar-refractivity contribution in [3.8, 4) is 0 Å². The summed E-state index contributed by atoms with van der Waals surface area (Å²) in [6.07, 6.45) is 2.38. The van der Waals surface area contributed by atoms with Crippen LogP contribution in [0.3, 0.4) is 0 Å². The van der Waals surface area contributed by atoms with Gasteiger partial charge in [-0.3, -0.25) is 0 Å². The Bertz CT molecular complexity index is 33.9. The second-order valence-electron chi connectivity index (χ2n) is 0.604. The van der Waals surface area contributed by atoms with E-state index in [4.69, 9.17) is 5.11 Å². The third-order valence-electron chi connectivity index (χ3n) is 0.241. The molecule has 0 heterocycles. The van der Waals surface area contributed by atoms with Crippen LogP contribution in [-0.2, 0) is 0 Å². The van der Waals surface area contributed by atoms with Crippen LogP contribution in [0.2, 0.25) is 0 Å². The van der Waals surface area contributed by atoms with Crippen LogP contribution in [0.4, 0.5) is 0 Å². The molecule has 0 aliphatic heterocycles. The zero-order valence-corrected chi connectivity index (χ0v) is 3.10. The van der Waals surface area contributed by atoms with Crippen LogP contribution in [0.1, 0.15) is 0 Å². The zero-order valence-electron chi connectivity index (χ0n) is 3.10. The number of aliphatic hydroxyl groups excluding tert-OH is 1. The molecule has 0 saturated carbocycles. The van der Waals surface area contributed by atoms with Crippen LogP contribution in [0, 0.1) is 0 Å². The minimum atomic E-state index is 0.944. The lowest BCUT2D eigenvalue weighted by atomic mass is 11.0. The molecule has 0 radical (unpaired) electrons. The Morgan fingerprint density at radius 1 is 1.80 bits per heavy atom. The van der Waals surface area contributed by atoms with E-state index in [9.17, 15) is 0 Å². The van der Waals surface area contributed by atoms with Gasteiger partial charge in [0.25, 0.3) is 0 Å². The van der Waals surface area contributed by atoms with Crippen molar-refractivity contribution in [1.82, 2.24) is 5.32 Å². The van der Waals surface area contributed by atoms with Crippen molar-refractivity contribution in [3.05, 3.63) is 12.5 Å². The minimum Gasteiger partial charge on any atom is -0.514 e. The number of hydrogen-bond acceptors (Lipinski definition) is 2. The standard InChI is InChI=1S/C3H7NO/c1-4-2-3-5/h2-5H,1H3/b3-2-. The molecule has 0 bridgehead atoms. The summed E-state index contributed by atoms with van der Waals surface area (Å²) in [6.45, 7) is 0. The molecule has 0 spiro atoms. The Morgan fingerprint density at radius 2 is 2.40 bits per heavy atom. The van der Waals surface area contributed by atoms with Crippen LogP contribution >= 0.6 is 0 Å². The van der Waals surface area contributed by atoms with Gasteiger partial charge in [-0.2, -0.15) is 0 Å². The highest BCUT2D eigenvalue weighted by Crippen LogP contribution is 1.47. The van der Waals surface area contributed by atoms with Crippen LogP contribution in [0.5, 0.6) is 0 Å². The topological polar surface area (TPSA) is 32.3 Å². The molecule has 0 aromatic heterocycles. The molecule has 0 aliphatic rings. The fraction of sp³-hybridized carbons (Fsp3) is 0.333. The highest BCUT2D eigenvalue weighted by molar-refractivity contribution is 4.63. The quantitative estimate of drug-likeness (QED) is 0.435. The van der Waals surface area contributed by atoms with Crippen molar-refractivity contribution in [2.24, 2.45) is 0 Å². The van der Waals surface area contributed by atoms with Gasteiger partial charge in [0.1, 0.15) is 0 Å². The van der Waals surface area contributed by atoms with Crippen LogP contribution in [0.15, 0.2) is 12.5 Å². The smallest absolute Gasteiger partial charge is 0.0948 e. The summed E-state index contributed by atoms with van der Waals surface area (Å²) in [7, 11) is 1.72. The second-order valence-corrected chi connectivity index (χ2v) is 0.604. The predicted octanol–water partition coefficient (Wildman–Crippen LogP) is 0.235. The van der Waals surface area contributed by atoms with Crippen molar-refractivity contribution >= 4 is 0 Å². The summed E-state index contributed by atoms with van der Waals surface area (Å²) < 4.78 is 0. The summed E-state index contributed by atoms with van der Waals surface area (Å²) in [5, 5.41) is 10.4. The predicted molar refractivity (Wildman–Crippen MR) is 20.8 cm³/mol. The van der Waals surface area contributed by atoms with Gasteiger partial charge in [0.15, 0.2) is 0 Å². The molecule has 0 aromatic carbocycles. The molecule has 0 aliphatic carbocycles. The van der Waals surface area contributed by atoms with Gasteiger partial charge in [0, 0.05) is 13.2 Å². The van der Waals surface area contributed by atoms with Gasteiger partial charge in [-0.05, 0) is 0 Å². The van der Waals surface area contributed by atoms with Gasteiger partial charge in [-0.1, -0.05) is 0 Å². The fourth-order valence-electron chi connectivity index (χ4n) is 0.0745. The van der Waals surface area contributed by atoms with E-state index in [2.05, 4.69) is 5.32 Å². The summed E-state index contributed by atoms with van der Waals surface area (Å²) in [5.74, 6) is 0. The Balaban J connectivity index is 2.62. The first-order valence-corrected chi connectivity index (χ1v) is 1.38. The van der Waals surface area contributed by atoms with Crippen molar-refractivity contribution in [2.75, 3.05) is 7.05 Å². The number of rotatable bonds is 1. The van der Waals surface area contributed by atoms with Gasteiger partial charge >= 0.3 is 0 Å². The lowest BCUT2D eigenvalue weighted by molar-refractivity contribution is 0.470. The highest BCUT2D eigenvalue weighted by Gasteiger charge is 1.47. The van der Waals surface area contributed by atoms with Gasteiger partial charge in [-0.15, -0.1) is 0 Å². The Labute approximate surface area is 31.1 Å². The Hall–Kier alpha value is -0.660. The summed E-state index contributed by atoms with van der Waals surface area (Å²) >= 11 is 0. The van der Waals surface area contributed by atoms with Crippen molar-refractivity contribution < 1.29 is 5.11 Å². The van der Waals surface area contributed by atoms with E-state index in [0.717, 1.165) is 6.26 Å². The fourth-order valence-corrected chi connectivity index (χ4v) is 0.0745. The molecule has 0 unspecified atom stereocenters. The first kappa shape index (κ1) is 4.34. The van der Waals surface area contributed by atoms with E-state index in [-0.39, 0.29) is 0 Å². The first-order valence-electron chi connectivity index (χ1n) is 1.38. The van der Waals surface area contributed by atoms with E-state index in [1.807, 2.05) is 0 Å². The lowest BCUT2D eigenvalue weighted by Crippen LogP contribution is -1.89. The number of hydrogen-bond donors (Lipinski definition) is 2. The number of aliphatic hydroxyl groups is 1. The molecule has 2 N–H and O–H groups in total. The molecule has 2 heteroatoms. The van der Waals surface area contributed by atoms with Gasteiger partial charge in [-0.25, -0.2) is 0 Å². The monoisotopic (exact) mass is 73.1 g/mol. The van der Waals surface area contributed by atoms with Gasteiger partial charge in [0.2, 0.25) is 0 Å². The van der Waals surface area contributed by atoms with Crippen LogP contribution in [0.25, 0.3) is 0 Å². The molecule has 0 aromatic rings. The molecular weight excluding hydrogens is 66.0 g/mol. The molecular formula is C3H7NO. The number of nitrogens with one attached hydrogen (secondary N) is 1. The Morgan fingerprint density at radius 3 is 2.40 bits per heavy atom. The zero-order chi connectivity index (χ0) is 4.12. The molecule has 0 amide bonds. The van der Waals surface area contributed by atoms with Gasteiger partial charge < -0.3 is 10.4 Å². The van der Waals surface area contributed by atoms with E-state index in [0.29, 0.717) is 0 Å². The molecule has 0 atom stereocenters. The summed E-state index contributed by atoms with van der Waals surface area (Å²) in [4.78, 5) is 0.